The van der Waals surface area contributed by atoms with Gasteiger partial charge in [0.25, 0.3) is 0 Å². The molecule has 2 fully saturated rings. The van der Waals surface area contributed by atoms with E-state index in [4.69, 9.17) is 4.74 Å². The van der Waals surface area contributed by atoms with Crippen LogP contribution in [0, 0.1) is 0 Å². The number of carbonyl (C=O) groups excluding carboxylic acids is 1. The van der Waals surface area contributed by atoms with Crippen molar-refractivity contribution in [2.75, 3.05) is 25.9 Å². The molecule has 0 radical (unpaired) electrons. The van der Waals surface area contributed by atoms with E-state index in [2.05, 4.69) is 5.32 Å². The van der Waals surface area contributed by atoms with Gasteiger partial charge in [0.15, 0.2) is 0 Å². The summed E-state index contributed by atoms with van der Waals surface area (Å²) in [5, 5.41) is 3.31. The second kappa shape index (κ2) is 4.35. The molecule has 1 atom stereocenters. The number of hydrogen-bond acceptors (Lipinski definition) is 4. The Morgan fingerprint density at radius 1 is 1.47 bits per heavy atom. The molecule has 2 heterocycles. The molecule has 2 aliphatic rings. The van der Waals surface area contributed by atoms with Crippen molar-refractivity contribution in [3.05, 3.63) is 0 Å². The quantitative estimate of drug-likeness (QED) is 0.777. The SMILES string of the molecule is CN[C@@H]1CSC2(C1)CN(C(=O)OC(C)(C)C)C2. The maximum atomic E-state index is 11.8. The van der Waals surface area contributed by atoms with Crippen molar-refractivity contribution in [2.24, 2.45) is 0 Å². The molecule has 0 unspecified atom stereocenters. The highest BCUT2D eigenvalue weighted by Crippen LogP contribution is 2.45. The first-order valence-corrected chi connectivity index (χ1v) is 7.11. The lowest BCUT2D eigenvalue weighted by atomic mass is 9.92. The fourth-order valence-electron chi connectivity index (χ4n) is 2.35. The lowest BCUT2D eigenvalue weighted by Crippen LogP contribution is -2.61. The zero-order chi connectivity index (χ0) is 12.7. The van der Waals surface area contributed by atoms with Crippen LogP contribution in [0.4, 0.5) is 4.79 Å². The van der Waals surface area contributed by atoms with Crippen molar-refractivity contribution in [3.63, 3.8) is 0 Å². The second-order valence-corrected chi connectivity index (χ2v) is 7.51. The Balaban J connectivity index is 1.81. The van der Waals surface area contributed by atoms with Crippen molar-refractivity contribution < 1.29 is 9.53 Å². The topological polar surface area (TPSA) is 41.6 Å². The van der Waals surface area contributed by atoms with Crippen LogP contribution in [0.2, 0.25) is 0 Å². The van der Waals surface area contributed by atoms with Crippen LogP contribution in [-0.2, 0) is 4.74 Å². The molecule has 0 saturated carbocycles. The van der Waals surface area contributed by atoms with E-state index in [-0.39, 0.29) is 6.09 Å². The molecule has 1 amide bonds. The van der Waals surface area contributed by atoms with Crippen LogP contribution in [0.15, 0.2) is 0 Å². The van der Waals surface area contributed by atoms with Crippen LogP contribution in [0.25, 0.3) is 0 Å². The normalized spacial score (nSPS) is 27.1. The van der Waals surface area contributed by atoms with Crippen molar-refractivity contribution in [2.45, 2.75) is 43.6 Å². The molecule has 1 N–H and O–H groups in total. The number of ether oxygens (including phenoxy) is 1. The van der Waals surface area contributed by atoms with E-state index >= 15 is 0 Å². The monoisotopic (exact) mass is 258 g/mol. The maximum Gasteiger partial charge on any atom is 0.410 e. The molecule has 2 saturated heterocycles. The van der Waals surface area contributed by atoms with Crippen molar-refractivity contribution in [1.82, 2.24) is 10.2 Å². The third-order valence-electron chi connectivity index (χ3n) is 3.23. The molecular formula is C12H22N2O2S. The van der Waals surface area contributed by atoms with Gasteiger partial charge in [-0.2, -0.15) is 0 Å². The maximum absolute atomic E-state index is 11.8. The Morgan fingerprint density at radius 3 is 2.59 bits per heavy atom. The molecule has 0 aromatic heterocycles. The number of likely N-dealkylation sites (tertiary alicyclic amines) is 1. The van der Waals surface area contributed by atoms with Gasteiger partial charge < -0.3 is 15.0 Å². The number of nitrogens with zero attached hydrogens (tertiary/aromatic N) is 1. The van der Waals surface area contributed by atoms with Crippen molar-refractivity contribution in [3.8, 4) is 0 Å². The molecule has 17 heavy (non-hydrogen) atoms. The summed E-state index contributed by atoms with van der Waals surface area (Å²) in [5.41, 5.74) is -0.393. The highest BCUT2D eigenvalue weighted by molar-refractivity contribution is 8.01. The fourth-order valence-corrected chi connectivity index (χ4v) is 4.01. The largest absolute Gasteiger partial charge is 0.444 e. The highest BCUT2D eigenvalue weighted by Gasteiger charge is 2.51. The third kappa shape index (κ3) is 2.88. The predicted octanol–water partition coefficient (Wildman–Crippen LogP) is 1.70. The molecule has 4 nitrogen and oxygen atoms in total. The average molecular weight is 258 g/mol. The Kier molecular flexibility index (Phi) is 3.34. The first-order chi connectivity index (χ1) is 7.84. The van der Waals surface area contributed by atoms with Gasteiger partial charge in [-0.1, -0.05) is 0 Å². The minimum absolute atomic E-state index is 0.170. The number of carbonyl (C=O) groups is 1. The summed E-state index contributed by atoms with van der Waals surface area (Å²) in [4.78, 5) is 13.6. The highest BCUT2D eigenvalue weighted by atomic mass is 32.2. The van der Waals surface area contributed by atoms with E-state index < -0.39 is 5.60 Å². The average Bonchev–Trinajstić information content (AvgIpc) is 2.56. The molecule has 2 rings (SSSR count). The van der Waals surface area contributed by atoms with Gasteiger partial charge >= 0.3 is 6.09 Å². The summed E-state index contributed by atoms with van der Waals surface area (Å²) >= 11 is 1.99. The molecule has 0 aliphatic carbocycles. The van der Waals surface area contributed by atoms with Crippen molar-refractivity contribution >= 4 is 17.9 Å². The summed E-state index contributed by atoms with van der Waals surface area (Å²) in [5.74, 6) is 1.15. The van der Waals surface area contributed by atoms with E-state index in [1.165, 1.54) is 0 Å². The van der Waals surface area contributed by atoms with E-state index in [1.54, 1.807) is 0 Å². The van der Waals surface area contributed by atoms with Gasteiger partial charge in [0, 0.05) is 24.9 Å². The number of rotatable bonds is 1. The lowest BCUT2D eigenvalue weighted by Gasteiger charge is -2.47. The van der Waals surface area contributed by atoms with Gasteiger partial charge in [0.1, 0.15) is 5.60 Å². The van der Waals surface area contributed by atoms with Gasteiger partial charge in [0.2, 0.25) is 0 Å². The molecule has 1 spiro atoms. The molecule has 0 aromatic carbocycles. The Morgan fingerprint density at radius 2 is 2.12 bits per heavy atom. The molecule has 5 heteroatoms. The van der Waals surface area contributed by atoms with Crippen LogP contribution < -0.4 is 5.32 Å². The molecule has 2 aliphatic heterocycles. The summed E-state index contributed by atoms with van der Waals surface area (Å²) in [7, 11) is 2.01. The summed E-state index contributed by atoms with van der Waals surface area (Å²) in [6.07, 6.45) is 0.990. The second-order valence-electron chi connectivity index (χ2n) is 6.02. The minimum Gasteiger partial charge on any atom is -0.444 e. The summed E-state index contributed by atoms with van der Waals surface area (Å²) in [6, 6.07) is 0.598. The fraction of sp³-hybridized carbons (Fsp3) is 0.917. The van der Waals surface area contributed by atoms with Gasteiger partial charge in [-0.05, 0) is 34.2 Å². The summed E-state index contributed by atoms with van der Waals surface area (Å²) in [6.45, 7) is 7.39. The van der Waals surface area contributed by atoms with Gasteiger partial charge in [-0.3, -0.25) is 0 Å². The van der Waals surface area contributed by atoms with Gasteiger partial charge in [0.05, 0.1) is 4.75 Å². The molecule has 0 aromatic rings. The van der Waals surface area contributed by atoms with E-state index in [9.17, 15) is 4.79 Å². The third-order valence-corrected chi connectivity index (χ3v) is 4.83. The Bertz CT molecular complexity index is 308. The van der Waals surface area contributed by atoms with E-state index in [0.717, 1.165) is 25.3 Å². The molecular weight excluding hydrogens is 236 g/mol. The Labute approximate surface area is 107 Å². The number of hydrogen-bond donors (Lipinski definition) is 1. The Hall–Kier alpha value is -0.420. The number of thioether (sulfide) groups is 1. The van der Waals surface area contributed by atoms with Crippen LogP contribution in [0.5, 0.6) is 0 Å². The lowest BCUT2D eigenvalue weighted by molar-refractivity contribution is 0.00393. The standard InChI is InChI=1S/C12H22N2O2S/c1-11(2,3)16-10(15)14-7-12(8-14)5-9(13-4)6-17-12/h9,13H,5-8H2,1-4H3/t9-/m0/s1. The first kappa shape index (κ1) is 13.0. The predicted molar refractivity (Wildman–Crippen MR) is 70.5 cm³/mol. The van der Waals surface area contributed by atoms with Crippen LogP contribution in [-0.4, -0.2) is 53.3 Å². The zero-order valence-electron chi connectivity index (χ0n) is 11.1. The van der Waals surface area contributed by atoms with E-state index in [0.29, 0.717) is 10.8 Å². The van der Waals surface area contributed by atoms with E-state index in [1.807, 2.05) is 44.5 Å². The number of amides is 1. The number of nitrogens with one attached hydrogen (secondary N) is 1. The van der Waals surface area contributed by atoms with Gasteiger partial charge in [-0.15, -0.1) is 11.8 Å². The van der Waals surface area contributed by atoms with Crippen LogP contribution in [0.1, 0.15) is 27.2 Å². The van der Waals surface area contributed by atoms with Crippen LogP contribution >= 0.6 is 11.8 Å². The van der Waals surface area contributed by atoms with Crippen molar-refractivity contribution in [1.29, 1.82) is 0 Å². The zero-order valence-corrected chi connectivity index (χ0v) is 11.9. The summed E-state index contributed by atoms with van der Waals surface area (Å²) < 4.78 is 5.66. The van der Waals surface area contributed by atoms with Crippen LogP contribution in [0.3, 0.4) is 0 Å². The van der Waals surface area contributed by atoms with Gasteiger partial charge in [-0.25, -0.2) is 4.79 Å². The first-order valence-electron chi connectivity index (χ1n) is 6.13. The minimum atomic E-state index is -0.393. The smallest absolute Gasteiger partial charge is 0.410 e. The molecule has 0 bridgehead atoms. The molecule has 98 valence electrons.